The van der Waals surface area contributed by atoms with Gasteiger partial charge in [-0.15, -0.1) is 0 Å². The molecule has 11 heteroatoms. The molecule has 0 saturated heterocycles. The van der Waals surface area contributed by atoms with E-state index in [4.69, 9.17) is 14.6 Å². The van der Waals surface area contributed by atoms with E-state index in [9.17, 15) is 14.9 Å². The minimum atomic E-state index is -0.559. The zero-order valence-electron chi connectivity index (χ0n) is 26.3. The number of carbonyl (C=O) groups excluding carboxylic acids is 2. The van der Waals surface area contributed by atoms with E-state index in [0.717, 1.165) is 22.5 Å². The molecule has 2 aromatic heterocycles. The van der Waals surface area contributed by atoms with Crippen LogP contribution in [-0.4, -0.2) is 43.9 Å². The molecule has 5 rings (SSSR count). The second kappa shape index (κ2) is 12.3. The fourth-order valence-corrected chi connectivity index (χ4v) is 4.80. The van der Waals surface area contributed by atoms with Crippen LogP contribution in [-0.2, 0) is 23.1 Å². The van der Waals surface area contributed by atoms with E-state index in [1.54, 1.807) is 52.3 Å². The van der Waals surface area contributed by atoms with Crippen LogP contribution < -0.4 is 15.4 Å². The lowest BCUT2D eigenvalue weighted by Crippen LogP contribution is -2.39. The average molecular weight is 608 g/mol. The summed E-state index contributed by atoms with van der Waals surface area (Å²) in [6.45, 7) is 12.7. The van der Waals surface area contributed by atoms with Crippen molar-refractivity contribution in [3.8, 4) is 23.3 Å². The topological polar surface area (TPSA) is 134 Å². The summed E-state index contributed by atoms with van der Waals surface area (Å²) in [6.07, 6.45) is 3.53. The molecule has 0 atom stereocenters. The lowest BCUT2D eigenvalue weighted by atomic mass is 9.92. The number of hydrogen-bond donors (Lipinski definition) is 2. The second-order valence-electron chi connectivity index (χ2n) is 12.9. The SMILES string of the molecule is CC(C)(C)OC(=O)N1CCc2cc(-n3nc(C(C)(C)C)cc3NC(=O)Nc3cc(C#N)cc(Oc4cccnc4)c3)ccc2C1. The highest BCUT2D eigenvalue weighted by Crippen LogP contribution is 2.30. The predicted octanol–water partition coefficient (Wildman–Crippen LogP) is 7.17. The first kappa shape index (κ1) is 31.1. The number of nitrogens with one attached hydrogen (secondary N) is 2. The fourth-order valence-electron chi connectivity index (χ4n) is 4.80. The Labute approximate surface area is 262 Å². The van der Waals surface area contributed by atoms with Crippen molar-refractivity contribution >= 4 is 23.6 Å². The molecule has 0 spiro atoms. The van der Waals surface area contributed by atoms with Crippen LogP contribution in [0.15, 0.2) is 67.0 Å². The number of nitrogens with zero attached hydrogens (tertiary/aromatic N) is 5. The maximum atomic E-state index is 13.3. The van der Waals surface area contributed by atoms with Gasteiger partial charge in [0, 0.05) is 42.5 Å². The number of benzene rings is 2. The Morgan fingerprint density at radius 3 is 2.44 bits per heavy atom. The van der Waals surface area contributed by atoms with Crippen molar-refractivity contribution < 1.29 is 19.1 Å². The predicted molar refractivity (Wildman–Crippen MR) is 171 cm³/mol. The Balaban J connectivity index is 1.37. The maximum Gasteiger partial charge on any atom is 0.410 e. The minimum absolute atomic E-state index is 0.278. The van der Waals surface area contributed by atoms with E-state index in [-0.39, 0.29) is 11.5 Å². The summed E-state index contributed by atoms with van der Waals surface area (Å²) in [5.41, 5.74) is 3.59. The number of hydrogen-bond acceptors (Lipinski definition) is 7. The molecule has 3 amide bonds. The van der Waals surface area contributed by atoms with Gasteiger partial charge < -0.3 is 19.7 Å². The number of rotatable bonds is 5. The largest absolute Gasteiger partial charge is 0.456 e. The number of anilines is 2. The highest BCUT2D eigenvalue weighted by Gasteiger charge is 2.27. The van der Waals surface area contributed by atoms with Crippen molar-refractivity contribution in [3.63, 3.8) is 0 Å². The van der Waals surface area contributed by atoms with Crippen LogP contribution in [0, 0.1) is 11.3 Å². The zero-order chi connectivity index (χ0) is 32.4. The van der Waals surface area contributed by atoms with Crippen molar-refractivity contribution in [2.24, 2.45) is 0 Å². The van der Waals surface area contributed by atoms with Crippen LogP contribution >= 0.6 is 0 Å². The number of nitriles is 1. The standard InChI is InChI=1S/C34H37N7O4/c1-33(2,3)29-18-30(38-31(42)37-25-14-22(19-35)15-28(17-25)44-27-8-7-12-36-20-27)41(39-29)26-10-9-24-21-40(13-11-23(24)16-26)32(43)45-34(4,5)6/h7-10,12,14-18,20H,11,13,21H2,1-6H3,(H2,37,38,42). The van der Waals surface area contributed by atoms with Gasteiger partial charge in [-0.1, -0.05) is 26.8 Å². The van der Waals surface area contributed by atoms with E-state index < -0.39 is 11.6 Å². The van der Waals surface area contributed by atoms with Crippen LogP contribution in [0.4, 0.5) is 21.1 Å². The summed E-state index contributed by atoms with van der Waals surface area (Å²) in [6, 6.07) is 17.7. The van der Waals surface area contributed by atoms with E-state index in [0.29, 0.717) is 48.1 Å². The van der Waals surface area contributed by atoms with Gasteiger partial charge in [0.2, 0.25) is 0 Å². The molecule has 0 saturated carbocycles. The molecule has 3 heterocycles. The van der Waals surface area contributed by atoms with Crippen LogP contribution in [0.1, 0.15) is 63.9 Å². The summed E-state index contributed by atoms with van der Waals surface area (Å²) in [5.74, 6) is 1.37. The molecule has 2 aromatic carbocycles. The first-order chi connectivity index (χ1) is 21.3. The molecule has 0 bridgehead atoms. The van der Waals surface area contributed by atoms with Crippen LogP contribution in [0.3, 0.4) is 0 Å². The van der Waals surface area contributed by atoms with Crippen molar-refractivity contribution in [3.05, 3.63) is 89.4 Å². The van der Waals surface area contributed by atoms with Crippen molar-refractivity contribution in [2.45, 2.75) is 65.5 Å². The lowest BCUT2D eigenvalue weighted by Gasteiger charge is -2.31. The summed E-state index contributed by atoms with van der Waals surface area (Å²) >= 11 is 0. The molecule has 1 aliphatic rings. The van der Waals surface area contributed by atoms with Gasteiger partial charge >= 0.3 is 12.1 Å². The van der Waals surface area contributed by atoms with Crippen LogP contribution in [0.5, 0.6) is 11.5 Å². The molecule has 45 heavy (non-hydrogen) atoms. The van der Waals surface area contributed by atoms with E-state index in [2.05, 4.69) is 42.5 Å². The van der Waals surface area contributed by atoms with Gasteiger partial charge in [-0.05, 0) is 74.7 Å². The molecule has 11 nitrogen and oxygen atoms in total. The van der Waals surface area contributed by atoms with Gasteiger partial charge in [0.1, 0.15) is 22.9 Å². The molecule has 4 aromatic rings. The van der Waals surface area contributed by atoms with Gasteiger partial charge in [0.15, 0.2) is 0 Å². The molecule has 2 N–H and O–H groups in total. The number of ether oxygens (including phenoxy) is 2. The number of carbonyl (C=O) groups is 2. The number of pyridine rings is 1. The van der Waals surface area contributed by atoms with Crippen molar-refractivity contribution in [1.82, 2.24) is 19.7 Å². The Kier molecular flexibility index (Phi) is 8.51. The summed E-state index contributed by atoms with van der Waals surface area (Å²) < 4.78 is 13.1. The molecular formula is C34H37N7O4. The molecule has 0 aliphatic carbocycles. The molecule has 0 unspecified atom stereocenters. The maximum absolute atomic E-state index is 13.3. The number of aromatic nitrogens is 3. The van der Waals surface area contributed by atoms with Crippen LogP contribution in [0.25, 0.3) is 5.69 Å². The molecule has 0 fully saturated rings. The van der Waals surface area contributed by atoms with Crippen molar-refractivity contribution in [2.75, 3.05) is 17.2 Å². The summed E-state index contributed by atoms with van der Waals surface area (Å²) in [4.78, 5) is 31.7. The Bertz CT molecular complexity index is 1760. The third kappa shape index (κ3) is 7.78. The third-order valence-electron chi connectivity index (χ3n) is 6.98. The van der Waals surface area contributed by atoms with Gasteiger partial charge in [-0.3, -0.25) is 10.3 Å². The highest BCUT2D eigenvalue weighted by atomic mass is 16.6. The fraction of sp³-hybridized carbons (Fsp3) is 0.324. The second-order valence-corrected chi connectivity index (χ2v) is 12.9. The summed E-state index contributed by atoms with van der Waals surface area (Å²) in [5, 5.41) is 20.1. The van der Waals surface area contributed by atoms with Gasteiger partial charge in [-0.2, -0.15) is 10.4 Å². The first-order valence-corrected chi connectivity index (χ1v) is 14.7. The summed E-state index contributed by atoms with van der Waals surface area (Å²) in [7, 11) is 0. The quantitative estimate of drug-likeness (QED) is 0.246. The van der Waals surface area contributed by atoms with Gasteiger partial charge in [0.25, 0.3) is 0 Å². The monoisotopic (exact) mass is 607 g/mol. The lowest BCUT2D eigenvalue weighted by molar-refractivity contribution is 0.0224. The molecule has 232 valence electrons. The van der Waals surface area contributed by atoms with Gasteiger partial charge in [-0.25, -0.2) is 14.3 Å². The number of amides is 3. The Morgan fingerprint density at radius 2 is 1.76 bits per heavy atom. The van der Waals surface area contributed by atoms with E-state index >= 15 is 0 Å². The Hall–Kier alpha value is -5.37. The third-order valence-corrected chi connectivity index (χ3v) is 6.98. The van der Waals surface area contributed by atoms with Crippen LogP contribution in [0.2, 0.25) is 0 Å². The van der Waals surface area contributed by atoms with Crippen molar-refractivity contribution in [1.29, 1.82) is 5.26 Å². The normalized spacial score (nSPS) is 13.0. The number of fused-ring (bicyclic) bond motifs is 1. The minimum Gasteiger partial charge on any atom is -0.456 e. The number of urea groups is 1. The van der Waals surface area contributed by atoms with E-state index in [1.165, 1.54) is 0 Å². The average Bonchev–Trinajstić information content (AvgIpc) is 3.40. The molecular weight excluding hydrogens is 570 g/mol. The Morgan fingerprint density at radius 1 is 0.956 bits per heavy atom. The smallest absolute Gasteiger partial charge is 0.410 e. The highest BCUT2D eigenvalue weighted by molar-refractivity contribution is 5.99. The molecule has 1 aliphatic heterocycles. The molecule has 0 radical (unpaired) electrons. The van der Waals surface area contributed by atoms with Gasteiger partial charge in [0.05, 0.1) is 29.2 Å². The first-order valence-electron chi connectivity index (χ1n) is 14.7. The van der Waals surface area contributed by atoms with E-state index in [1.807, 2.05) is 45.0 Å². The zero-order valence-corrected chi connectivity index (χ0v) is 26.3.